The summed E-state index contributed by atoms with van der Waals surface area (Å²) in [6.45, 7) is 5.02. The van der Waals surface area contributed by atoms with E-state index in [1.807, 2.05) is 6.92 Å². The van der Waals surface area contributed by atoms with E-state index in [9.17, 15) is 4.79 Å². The van der Waals surface area contributed by atoms with Crippen molar-refractivity contribution in [3.05, 3.63) is 0 Å². The molecule has 1 aliphatic heterocycles. The molecule has 1 amide bonds. The summed E-state index contributed by atoms with van der Waals surface area (Å²) < 4.78 is 0. The van der Waals surface area contributed by atoms with Crippen LogP contribution in [0.1, 0.15) is 19.8 Å². The lowest BCUT2D eigenvalue weighted by molar-refractivity contribution is 0.120. The van der Waals surface area contributed by atoms with E-state index in [0.717, 1.165) is 25.9 Å². The number of rotatable bonds is 5. The van der Waals surface area contributed by atoms with Gasteiger partial charge in [0.05, 0.1) is 6.61 Å². The largest absolute Gasteiger partial charge is 0.465 e. The van der Waals surface area contributed by atoms with Gasteiger partial charge in [-0.15, -0.1) is 0 Å². The number of likely N-dealkylation sites (N-methyl/N-ethyl adjacent to an activating group) is 1. The average Bonchev–Trinajstić information content (AvgIpc) is 2.65. The van der Waals surface area contributed by atoms with Crippen LogP contribution in [0.25, 0.3) is 0 Å². The fraction of sp³-hybridized carbons (Fsp3) is 0.900. The van der Waals surface area contributed by atoms with Crippen molar-refractivity contribution in [3.63, 3.8) is 0 Å². The minimum atomic E-state index is -0.822. The molecule has 0 spiro atoms. The van der Waals surface area contributed by atoms with E-state index in [0.29, 0.717) is 13.1 Å². The molecule has 0 aliphatic carbocycles. The smallest absolute Gasteiger partial charge is 0.407 e. The molecular weight excluding hydrogens is 196 g/mol. The van der Waals surface area contributed by atoms with Gasteiger partial charge in [0.25, 0.3) is 0 Å². The second kappa shape index (κ2) is 5.92. The fourth-order valence-corrected chi connectivity index (χ4v) is 2.10. The van der Waals surface area contributed by atoms with Crippen molar-refractivity contribution < 1.29 is 15.0 Å². The van der Waals surface area contributed by atoms with Crippen LogP contribution in [-0.4, -0.2) is 64.9 Å². The molecule has 0 radical (unpaired) electrons. The molecule has 88 valence electrons. The lowest BCUT2D eigenvalue weighted by atomic mass is 10.2. The Bertz CT molecular complexity index is 211. The van der Waals surface area contributed by atoms with Crippen LogP contribution in [0.4, 0.5) is 4.79 Å². The summed E-state index contributed by atoms with van der Waals surface area (Å²) in [7, 11) is 0. The number of hydrogen-bond acceptors (Lipinski definition) is 3. The summed E-state index contributed by atoms with van der Waals surface area (Å²) in [4.78, 5) is 14.5. The van der Waals surface area contributed by atoms with Crippen LogP contribution in [0.2, 0.25) is 0 Å². The van der Waals surface area contributed by atoms with Gasteiger partial charge in [0, 0.05) is 25.7 Å². The predicted molar refractivity (Wildman–Crippen MR) is 57.0 cm³/mol. The zero-order valence-corrected chi connectivity index (χ0v) is 9.22. The van der Waals surface area contributed by atoms with Gasteiger partial charge in [0.15, 0.2) is 0 Å². The first kappa shape index (κ1) is 12.3. The van der Waals surface area contributed by atoms with Gasteiger partial charge in [-0.05, 0) is 19.4 Å². The summed E-state index contributed by atoms with van der Waals surface area (Å²) >= 11 is 0. The number of hydrogen-bond donors (Lipinski definition) is 2. The second-order valence-corrected chi connectivity index (χ2v) is 3.89. The zero-order chi connectivity index (χ0) is 11.3. The molecule has 0 aromatic rings. The highest BCUT2D eigenvalue weighted by Crippen LogP contribution is 2.18. The number of aliphatic hydroxyl groups is 1. The standard InChI is InChI=1S/C10H20N2O3/c1-2-11(6-7-13)8-9-4-3-5-12(9)10(14)15/h9,13H,2-8H2,1H3,(H,14,15)/t9-/m0/s1. The van der Waals surface area contributed by atoms with E-state index in [-0.39, 0.29) is 12.6 Å². The lowest BCUT2D eigenvalue weighted by Gasteiger charge is -2.28. The van der Waals surface area contributed by atoms with Gasteiger partial charge in [-0.2, -0.15) is 0 Å². The molecule has 0 unspecified atom stereocenters. The van der Waals surface area contributed by atoms with E-state index >= 15 is 0 Å². The molecule has 5 heteroatoms. The van der Waals surface area contributed by atoms with Gasteiger partial charge >= 0.3 is 6.09 Å². The molecule has 1 atom stereocenters. The van der Waals surface area contributed by atoms with Gasteiger partial charge in [-0.1, -0.05) is 6.92 Å². The van der Waals surface area contributed by atoms with Crippen LogP contribution in [-0.2, 0) is 0 Å². The molecule has 1 aliphatic rings. The van der Waals surface area contributed by atoms with E-state index in [2.05, 4.69) is 4.90 Å². The van der Waals surface area contributed by atoms with Crippen LogP contribution < -0.4 is 0 Å². The molecular formula is C10H20N2O3. The van der Waals surface area contributed by atoms with Gasteiger partial charge in [-0.25, -0.2) is 4.79 Å². The molecule has 5 nitrogen and oxygen atoms in total. The quantitative estimate of drug-likeness (QED) is 0.700. The normalized spacial score (nSPS) is 21.3. The van der Waals surface area contributed by atoms with E-state index in [1.165, 1.54) is 4.90 Å². The van der Waals surface area contributed by atoms with Crippen LogP contribution in [0, 0.1) is 0 Å². The molecule has 0 aromatic heterocycles. The molecule has 1 heterocycles. The number of carbonyl (C=O) groups is 1. The number of aliphatic hydroxyl groups excluding tert-OH is 1. The third kappa shape index (κ3) is 3.35. The summed E-state index contributed by atoms with van der Waals surface area (Å²) in [5.74, 6) is 0. The van der Waals surface area contributed by atoms with Crippen molar-refractivity contribution in [2.24, 2.45) is 0 Å². The second-order valence-electron chi connectivity index (χ2n) is 3.89. The SMILES string of the molecule is CCN(CCO)C[C@@H]1CCCN1C(=O)O. The average molecular weight is 216 g/mol. The monoisotopic (exact) mass is 216 g/mol. The highest BCUT2D eigenvalue weighted by Gasteiger charge is 2.29. The first-order valence-electron chi connectivity index (χ1n) is 5.51. The minimum Gasteiger partial charge on any atom is -0.465 e. The molecule has 0 bridgehead atoms. The molecule has 1 saturated heterocycles. The molecule has 0 saturated carbocycles. The van der Waals surface area contributed by atoms with Gasteiger partial charge in [0.1, 0.15) is 0 Å². The number of amides is 1. The topological polar surface area (TPSA) is 64.0 Å². The van der Waals surface area contributed by atoms with Crippen LogP contribution >= 0.6 is 0 Å². The third-order valence-corrected chi connectivity index (χ3v) is 2.96. The first-order chi connectivity index (χ1) is 7.19. The van der Waals surface area contributed by atoms with Crippen molar-refractivity contribution in [3.8, 4) is 0 Å². The zero-order valence-electron chi connectivity index (χ0n) is 9.22. The summed E-state index contributed by atoms with van der Waals surface area (Å²) in [5.41, 5.74) is 0. The Morgan fingerprint density at radius 1 is 1.60 bits per heavy atom. The minimum absolute atomic E-state index is 0.106. The maximum absolute atomic E-state index is 10.9. The van der Waals surface area contributed by atoms with Gasteiger partial charge in [-0.3, -0.25) is 4.90 Å². The van der Waals surface area contributed by atoms with Crippen LogP contribution in [0.5, 0.6) is 0 Å². The molecule has 1 fully saturated rings. The van der Waals surface area contributed by atoms with Crippen molar-refractivity contribution in [1.82, 2.24) is 9.80 Å². The Labute approximate surface area is 90.3 Å². The van der Waals surface area contributed by atoms with E-state index in [4.69, 9.17) is 10.2 Å². The Morgan fingerprint density at radius 3 is 2.87 bits per heavy atom. The van der Waals surface area contributed by atoms with Crippen molar-refractivity contribution in [2.45, 2.75) is 25.8 Å². The Balaban J connectivity index is 2.44. The van der Waals surface area contributed by atoms with Crippen molar-refractivity contribution >= 4 is 6.09 Å². The fourth-order valence-electron chi connectivity index (χ4n) is 2.10. The number of likely N-dealkylation sites (tertiary alicyclic amines) is 1. The van der Waals surface area contributed by atoms with Crippen LogP contribution in [0.15, 0.2) is 0 Å². The Hall–Kier alpha value is -0.810. The highest BCUT2D eigenvalue weighted by atomic mass is 16.4. The Kier molecular flexibility index (Phi) is 4.84. The predicted octanol–water partition coefficient (Wildman–Crippen LogP) is 0.443. The summed E-state index contributed by atoms with van der Waals surface area (Å²) in [6, 6.07) is 0.106. The molecule has 2 N–H and O–H groups in total. The molecule has 1 rings (SSSR count). The first-order valence-corrected chi connectivity index (χ1v) is 5.51. The molecule has 0 aromatic carbocycles. The van der Waals surface area contributed by atoms with E-state index < -0.39 is 6.09 Å². The Morgan fingerprint density at radius 2 is 2.33 bits per heavy atom. The summed E-state index contributed by atoms with van der Waals surface area (Å²) in [5, 5.41) is 17.8. The highest BCUT2D eigenvalue weighted by molar-refractivity contribution is 5.65. The van der Waals surface area contributed by atoms with Crippen LogP contribution in [0.3, 0.4) is 0 Å². The van der Waals surface area contributed by atoms with Gasteiger partial charge < -0.3 is 15.1 Å². The summed E-state index contributed by atoms with van der Waals surface area (Å²) in [6.07, 6.45) is 1.07. The van der Waals surface area contributed by atoms with E-state index in [1.54, 1.807) is 0 Å². The van der Waals surface area contributed by atoms with Crippen molar-refractivity contribution in [2.75, 3.05) is 32.8 Å². The number of nitrogens with zero attached hydrogens (tertiary/aromatic N) is 2. The van der Waals surface area contributed by atoms with Gasteiger partial charge in [0.2, 0.25) is 0 Å². The third-order valence-electron chi connectivity index (χ3n) is 2.96. The number of carboxylic acid groups (broad SMARTS) is 1. The lowest BCUT2D eigenvalue weighted by Crippen LogP contribution is -2.43. The maximum Gasteiger partial charge on any atom is 0.407 e. The van der Waals surface area contributed by atoms with Crippen molar-refractivity contribution in [1.29, 1.82) is 0 Å². The molecule has 15 heavy (non-hydrogen) atoms. The maximum atomic E-state index is 10.9.